The summed E-state index contributed by atoms with van der Waals surface area (Å²) in [6.45, 7) is -0.129. The van der Waals surface area contributed by atoms with Crippen LogP contribution in [0, 0.1) is 0 Å². The molecule has 1 aliphatic heterocycles. The number of ether oxygens (including phenoxy) is 1. The summed E-state index contributed by atoms with van der Waals surface area (Å²) in [6.07, 6.45) is 0.400. The number of methoxy groups -OCH3 is 1. The zero-order chi connectivity index (χ0) is 21.0. The van der Waals surface area contributed by atoms with Gasteiger partial charge >= 0.3 is 0 Å². The molecule has 1 N–H and O–H groups in total. The Morgan fingerprint density at radius 2 is 1.59 bits per heavy atom. The van der Waals surface area contributed by atoms with Crippen molar-refractivity contribution in [1.82, 2.24) is 4.90 Å². The van der Waals surface area contributed by atoms with E-state index in [1.54, 1.807) is 43.5 Å². The molecule has 1 heterocycles. The van der Waals surface area contributed by atoms with E-state index in [1.165, 1.54) is 24.1 Å². The number of nitrogens with zero attached hydrogens (tertiary/aromatic N) is 2. The van der Waals surface area contributed by atoms with E-state index < -0.39 is 0 Å². The van der Waals surface area contributed by atoms with Gasteiger partial charge in [-0.1, -0.05) is 0 Å². The van der Waals surface area contributed by atoms with E-state index in [-0.39, 0.29) is 43.0 Å². The zero-order valence-corrected chi connectivity index (χ0v) is 16.2. The molecule has 150 valence electrons. The monoisotopic (exact) mass is 395 g/mol. The third-order valence-corrected chi connectivity index (χ3v) is 4.53. The highest BCUT2D eigenvalue weighted by Gasteiger charge is 2.30. The van der Waals surface area contributed by atoms with Gasteiger partial charge in [-0.2, -0.15) is 0 Å². The van der Waals surface area contributed by atoms with Crippen LogP contribution in [0.4, 0.5) is 11.4 Å². The molecule has 0 atom stereocenters. The molecule has 29 heavy (non-hydrogen) atoms. The molecule has 0 unspecified atom stereocenters. The number of nitrogens with one attached hydrogen (secondary N) is 1. The molecule has 0 spiro atoms. The van der Waals surface area contributed by atoms with Gasteiger partial charge in [0, 0.05) is 31.1 Å². The van der Waals surface area contributed by atoms with Crippen molar-refractivity contribution in [3.8, 4) is 5.75 Å². The highest BCUT2D eigenvalue weighted by atomic mass is 16.5. The Labute approximate surface area is 168 Å². The largest absolute Gasteiger partial charge is 0.497 e. The highest BCUT2D eigenvalue weighted by Crippen LogP contribution is 2.23. The van der Waals surface area contributed by atoms with Crippen LogP contribution in [-0.4, -0.2) is 49.2 Å². The number of carbonyl (C=O) groups excluding carboxylic acids is 4. The third kappa shape index (κ3) is 4.60. The number of hydrogen-bond donors (Lipinski definition) is 1. The average Bonchev–Trinajstić information content (AvgIpc) is 3.06. The van der Waals surface area contributed by atoms with Gasteiger partial charge in [0.1, 0.15) is 5.75 Å². The van der Waals surface area contributed by atoms with Crippen LogP contribution >= 0.6 is 0 Å². The van der Waals surface area contributed by atoms with E-state index in [2.05, 4.69) is 5.32 Å². The standard InChI is InChI=1S/C21H21N3O5/c1-23(13-18(25)22-15-5-9-17(29-2)10-6-15)21(28)14-3-7-16(8-4-14)24-19(26)11-12-20(24)27/h3-10H,11-13H2,1-2H3,(H,22,25). The van der Waals surface area contributed by atoms with Crippen LogP contribution in [0.1, 0.15) is 23.2 Å². The van der Waals surface area contributed by atoms with Gasteiger partial charge in [0.15, 0.2) is 0 Å². The summed E-state index contributed by atoms with van der Waals surface area (Å²) in [5.41, 5.74) is 1.39. The van der Waals surface area contributed by atoms with Gasteiger partial charge in [0.2, 0.25) is 17.7 Å². The topological polar surface area (TPSA) is 96.0 Å². The molecule has 1 saturated heterocycles. The zero-order valence-electron chi connectivity index (χ0n) is 16.2. The minimum atomic E-state index is -0.347. The van der Waals surface area contributed by atoms with Crippen molar-refractivity contribution in [2.45, 2.75) is 12.8 Å². The van der Waals surface area contributed by atoms with Crippen molar-refractivity contribution in [3.05, 3.63) is 54.1 Å². The van der Waals surface area contributed by atoms with E-state index in [1.807, 2.05) is 0 Å². The minimum absolute atomic E-state index is 0.129. The summed E-state index contributed by atoms with van der Waals surface area (Å²) in [5, 5.41) is 2.72. The first-order chi connectivity index (χ1) is 13.9. The SMILES string of the molecule is COc1ccc(NC(=O)CN(C)C(=O)c2ccc(N3C(=O)CCC3=O)cc2)cc1. The molecule has 0 bridgehead atoms. The molecule has 2 aromatic rings. The van der Waals surface area contributed by atoms with Gasteiger partial charge in [0.05, 0.1) is 19.3 Å². The fourth-order valence-electron chi connectivity index (χ4n) is 3.00. The van der Waals surface area contributed by atoms with Crippen molar-refractivity contribution in [1.29, 1.82) is 0 Å². The van der Waals surface area contributed by atoms with E-state index in [0.717, 1.165) is 4.90 Å². The van der Waals surface area contributed by atoms with Gasteiger partial charge < -0.3 is 15.0 Å². The van der Waals surface area contributed by atoms with Gasteiger partial charge in [0.25, 0.3) is 5.91 Å². The molecule has 3 rings (SSSR count). The Hall–Kier alpha value is -3.68. The molecule has 0 aromatic heterocycles. The third-order valence-electron chi connectivity index (χ3n) is 4.53. The van der Waals surface area contributed by atoms with Crippen LogP contribution in [0.25, 0.3) is 0 Å². The van der Waals surface area contributed by atoms with Gasteiger partial charge in [-0.25, -0.2) is 0 Å². The Kier molecular flexibility index (Phi) is 5.92. The molecule has 0 saturated carbocycles. The first-order valence-corrected chi connectivity index (χ1v) is 9.04. The molecule has 1 aliphatic rings. The first kappa shape index (κ1) is 20.1. The fourth-order valence-corrected chi connectivity index (χ4v) is 3.00. The minimum Gasteiger partial charge on any atom is -0.497 e. The van der Waals surface area contributed by atoms with E-state index in [0.29, 0.717) is 22.7 Å². The van der Waals surface area contributed by atoms with Crippen molar-refractivity contribution in [2.75, 3.05) is 30.9 Å². The first-order valence-electron chi connectivity index (χ1n) is 9.04. The maximum Gasteiger partial charge on any atom is 0.254 e. The van der Waals surface area contributed by atoms with Crippen LogP contribution in [0.2, 0.25) is 0 Å². The maximum atomic E-state index is 12.6. The lowest BCUT2D eigenvalue weighted by Gasteiger charge is -2.18. The predicted octanol–water partition coefficient (Wildman–Crippen LogP) is 2.06. The number of hydrogen-bond acceptors (Lipinski definition) is 5. The van der Waals surface area contributed by atoms with Crippen LogP contribution in [0.5, 0.6) is 5.75 Å². The van der Waals surface area contributed by atoms with Crippen LogP contribution in [0.3, 0.4) is 0 Å². The molecular weight excluding hydrogens is 374 g/mol. The lowest BCUT2D eigenvalue weighted by atomic mass is 10.1. The summed E-state index contributed by atoms with van der Waals surface area (Å²) in [5.74, 6) is -0.504. The summed E-state index contributed by atoms with van der Waals surface area (Å²) in [4.78, 5) is 50.8. The molecule has 2 aromatic carbocycles. The molecule has 1 fully saturated rings. The summed E-state index contributed by atoms with van der Waals surface area (Å²) in [6, 6.07) is 13.0. The lowest BCUT2D eigenvalue weighted by molar-refractivity contribution is -0.121. The number of rotatable bonds is 6. The molecule has 4 amide bonds. The van der Waals surface area contributed by atoms with Crippen LogP contribution in [-0.2, 0) is 14.4 Å². The molecular formula is C21H21N3O5. The van der Waals surface area contributed by atoms with E-state index >= 15 is 0 Å². The Bertz CT molecular complexity index is 922. The summed E-state index contributed by atoms with van der Waals surface area (Å²) < 4.78 is 5.07. The Balaban J connectivity index is 1.59. The number of anilines is 2. The molecule has 0 aliphatic carbocycles. The molecule has 0 radical (unpaired) electrons. The maximum absolute atomic E-state index is 12.6. The van der Waals surface area contributed by atoms with Gasteiger partial charge in [-0.3, -0.25) is 24.1 Å². The number of benzene rings is 2. The van der Waals surface area contributed by atoms with Crippen molar-refractivity contribution in [3.63, 3.8) is 0 Å². The smallest absolute Gasteiger partial charge is 0.254 e. The van der Waals surface area contributed by atoms with E-state index in [9.17, 15) is 19.2 Å². The number of imide groups is 1. The second-order valence-corrected chi connectivity index (χ2v) is 6.61. The number of likely N-dealkylation sites (N-methyl/N-ethyl adjacent to an activating group) is 1. The molecule has 8 heteroatoms. The quantitative estimate of drug-likeness (QED) is 0.756. The highest BCUT2D eigenvalue weighted by molar-refractivity contribution is 6.19. The average molecular weight is 395 g/mol. The Morgan fingerprint density at radius 1 is 1.00 bits per heavy atom. The van der Waals surface area contributed by atoms with E-state index in [4.69, 9.17) is 4.74 Å². The van der Waals surface area contributed by atoms with Crippen molar-refractivity contribution in [2.24, 2.45) is 0 Å². The van der Waals surface area contributed by atoms with Crippen molar-refractivity contribution >= 4 is 35.0 Å². The summed E-state index contributed by atoms with van der Waals surface area (Å²) in [7, 11) is 3.08. The van der Waals surface area contributed by atoms with Gasteiger partial charge in [-0.05, 0) is 48.5 Å². The fraction of sp³-hybridized carbons (Fsp3) is 0.238. The van der Waals surface area contributed by atoms with Crippen molar-refractivity contribution < 1.29 is 23.9 Å². The lowest BCUT2D eigenvalue weighted by Crippen LogP contribution is -2.35. The second-order valence-electron chi connectivity index (χ2n) is 6.61. The normalized spacial score (nSPS) is 13.4. The van der Waals surface area contributed by atoms with Gasteiger partial charge in [-0.15, -0.1) is 0 Å². The number of amides is 4. The second kappa shape index (κ2) is 8.55. The summed E-state index contributed by atoms with van der Waals surface area (Å²) >= 11 is 0. The predicted molar refractivity (Wildman–Crippen MR) is 107 cm³/mol. The Morgan fingerprint density at radius 3 is 2.14 bits per heavy atom. The number of carbonyl (C=O) groups is 4. The van der Waals surface area contributed by atoms with Crippen LogP contribution < -0.4 is 15.0 Å². The molecule has 8 nitrogen and oxygen atoms in total. The van der Waals surface area contributed by atoms with Crippen LogP contribution in [0.15, 0.2) is 48.5 Å².